The zero-order valence-electron chi connectivity index (χ0n) is 15.1. The van der Waals surface area contributed by atoms with Crippen LogP contribution in [0.2, 0.25) is 10.0 Å². The van der Waals surface area contributed by atoms with Crippen LogP contribution in [0.1, 0.15) is 25.0 Å². The standard InChI is InChI=1S/C20H21Cl2FN2O2/c1-3-24-20(27)13(2)25(12-15-6-4-5-7-18(15)23)19(26)11-14-8-9-16(21)17(22)10-14/h4-10,13H,3,11-12H2,1-2H3,(H,24,27)/t13-/m0/s1. The molecular weight excluding hydrogens is 390 g/mol. The van der Waals surface area contributed by atoms with E-state index in [9.17, 15) is 14.0 Å². The number of halogens is 3. The topological polar surface area (TPSA) is 49.4 Å². The summed E-state index contributed by atoms with van der Waals surface area (Å²) >= 11 is 11.9. The first kappa shape index (κ1) is 21.2. The highest BCUT2D eigenvalue weighted by molar-refractivity contribution is 6.42. The normalized spacial score (nSPS) is 11.7. The molecule has 7 heteroatoms. The number of nitrogens with one attached hydrogen (secondary N) is 1. The van der Waals surface area contributed by atoms with Crippen LogP contribution in [0.25, 0.3) is 0 Å². The van der Waals surface area contributed by atoms with Crippen molar-refractivity contribution >= 4 is 35.0 Å². The average molecular weight is 411 g/mol. The van der Waals surface area contributed by atoms with Crippen molar-refractivity contribution in [3.63, 3.8) is 0 Å². The van der Waals surface area contributed by atoms with Crippen LogP contribution < -0.4 is 5.32 Å². The second-order valence-corrected chi connectivity index (χ2v) is 6.92. The fraction of sp³-hybridized carbons (Fsp3) is 0.300. The third kappa shape index (κ3) is 5.68. The number of hydrogen-bond donors (Lipinski definition) is 1. The molecule has 0 aliphatic carbocycles. The highest BCUT2D eigenvalue weighted by Crippen LogP contribution is 2.23. The maximum Gasteiger partial charge on any atom is 0.242 e. The van der Waals surface area contributed by atoms with Crippen molar-refractivity contribution in [2.45, 2.75) is 32.9 Å². The van der Waals surface area contributed by atoms with E-state index in [1.165, 1.54) is 11.0 Å². The molecule has 2 aromatic rings. The van der Waals surface area contributed by atoms with Gasteiger partial charge >= 0.3 is 0 Å². The summed E-state index contributed by atoms with van der Waals surface area (Å²) < 4.78 is 14.1. The Kier molecular flexibility index (Phi) is 7.63. The molecule has 0 radical (unpaired) electrons. The maximum atomic E-state index is 14.1. The van der Waals surface area contributed by atoms with E-state index in [1.54, 1.807) is 50.2 Å². The van der Waals surface area contributed by atoms with Gasteiger partial charge < -0.3 is 10.2 Å². The van der Waals surface area contributed by atoms with E-state index in [2.05, 4.69) is 5.32 Å². The van der Waals surface area contributed by atoms with Gasteiger partial charge in [0.2, 0.25) is 11.8 Å². The van der Waals surface area contributed by atoms with Crippen molar-refractivity contribution in [1.29, 1.82) is 0 Å². The molecule has 0 unspecified atom stereocenters. The van der Waals surface area contributed by atoms with Crippen LogP contribution in [0.3, 0.4) is 0 Å². The molecule has 2 amide bonds. The van der Waals surface area contributed by atoms with E-state index >= 15 is 0 Å². The molecule has 0 aliphatic rings. The largest absolute Gasteiger partial charge is 0.355 e. The number of benzene rings is 2. The molecule has 1 atom stereocenters. The first-order valence-corrected chi connectivity index (χ1v) is 9.33. The Morgan fingerprint density at radius 3 is 2.48 bits per heavy atom. The predicted octanol–water partition coefficient (Wildman–Crippen LogP) is 4.23. The van der Waals surface area contributed by atoms with Crippen molar-refractivity contribution < 1.29 is 14.0 Å². The Bertz CT molecular complexity index is 829. The summed E-state index contributed by atoms with van der Waals surface area (Å²) in [6.07, 6.45) is 0.0229. The van der Waals surface area contributed by atoms with E-state index in [0.717, 1.165) is 0 Å². The van der Waals surface area contributed by atoms with Crippen molar-refractivity contribution in [2.75, 3.05) is 6.54 Å². The molecule has 0 saturated carbocycles. The number of nitrogens with zero attached hydrogens (tertiary/aromatic N) is 1. The zero-order valence-corrected chi connectivity index (χ0v) is 16.6. The molecule has 27 heavy (non-hydrogen) atoms. The minimum absolute atomic E-state index is 0.00880. The minimum Gasteiger partial charge on any atom is -0.355 e. The minimum atomic E-state index is -0.750. The lowest BCUT2D eigenvalue weighted by Gasteiger charge is -2.29. The fourth-order valence-corrected chi connectivity index (χ4v) is 2.96. The molecule has 2 aromatic carbocycles. The van der Waals surface area contributed by atoms with Gasteiger partial charge in [-0.3, -0.25) is 9.59 Å². The van der Waals surface area contributed by atoms with Crippen LogP contribution in [0, 0.1) is 5.82 Å². The highest BCUT2D eigenvalue weighted by atomic mass is 35.5. The van der Waals surface area contributed by atoms with Crippen LogP contribution >= 0.6 is 23.2 Å². The molecule has 0 aromatic heterocycles. The van der Waals surface area contributed by atoms with Gasteiger partial charge in [0.15, 0.2) is 0 Å². The van der Waals surface area contributed by atoms with Gasteiger partial charge in [0, 0.05) is 18.7 Å². The number of carbonyl (C=O) groups is 2. The van der Waals surface area contributed by atoms with Crippen molar-refractivity contribution in [2.24, 2.45) is 0 Å². The van der Waals surface area contributed by atoms with Crippen LogP contribution in [-0.4, -0.2) is 29.3 Å². The molecule has 0 aliphatic heterocycles. The Morgan fingerprint density at radius 2 is 1.85 bits per heavy atom. The second-order valence-electron chi connectivity index (χ2n) is 6.11. The molecule has 0 saturated heterocycles. The number of rotatable bonds is 7. The summed E-state index contributed by atoms with van der Waals surface area (Å²) in [4.78, 5) is 26.6. The van der Waals surface area contributed by atoms with Crippen molar-refractivity contribution in [3.8, 4) is 0 Å². The van der Waals surface area contributed by atoms with Crippen LogP contribution in [0.4, 0.5) is 4.39 Å². The van der Waals surface area contributed by atoms with Gasteiger partial charge in [-0.25, -0.2) is 4.39 Å². The van der Waals surface area contributed by atoms with Gasteiger partial charge in [-0.1, -0.05) is 47.5 Å². The molecule has 0 fully saturated rings. The molecule has 2 rings (SSSR count). The molecular formula is C20H21Cl2FN2O2. The zero-order chi connectivity index (χ0) is 20.0. The first-order chi connectivity index (χ1) is 12.8. The van der Waals surface area contributed by atoms with Crippen LogP contribution in [0.15, 0.2) is 42.5 Å². The molecule has 0 bridgehead atoms. The molecule has 144 valence electrons. The van der Waals surface area contributed by atoms with Gasteiger partial charge in [-0.2, -0.15) is 0 Å². The smallest absolute Gasteiger partial charge is 0.242 e. The average Bonchev–Trinajstić information content (AvgIpc) is 2.63. The molecule has 0 heterocycles. The Morgan fingerprint density at radius 1 is 1.15 bits per heavy atom. The van der Waals surface area contributed by atoms with Gasteiger partial charge in [0.1, 0.15) is 11.9 Å². The highest BCUT2D eigenvalue weighted by Gasteiger charge is 2.26. The first-order valence-electron chi connectivity index (χ1n) is 8.58. The lowest BCUT2D eigenvalue weighted by Crippen LogP contribution is -2.48. The summed E-state index contributed by atoms with van der Waals surface area (Å²) in [6, 6.07) is 10.4. The predicted molar refractivity (Wildman–Crippen MR) is 105 cm³/mol. The molecule has 1 N–H and O–H groups in total. The van der Waals surface area contributed by atoms with E-state index < -0.39 is 11.9 Å². The van der Waals surface area contributed by atoms with Gasteiger partial charge in [-0.15, -0.1) is 0 Å². The van der Waals surface area contributed by atoms with Crippen molar-refractivity contribution in [3.05, 3.63) is 69.5 Å². The maximum absolute atomic E-state index is 14.1. The van der Waals surface area contributed by atoms with Crippen LogP contribution in [-0.2, 0) is 22.6 Å². The Labute approximate surface area is 168 Å². The lowest BCUT2D eigenvalue weighted by molar-refractivity contribution is -0.140. The van der Waals surface area contributed by atoms with E-state index in [-0.39, 0.29) is 24.8 Å². The van der Waals surface area contributed by atoms with Gasteiger partial charge in [-0.05, 0) is 37.6 Å². The summed E-state index contributed by atoms with van der Waals surface area (Å²) in [6.45, 7) is 3.85. The SMILES string of the molecule is CCNC(=O)[C@H](C)N(Cc1ccccc1F)C(=O)Cc1ccc(Cl)c(Cl)c1. The Balaban J connectivity index is 2.26. The summed E-state index contributed by atoms with van der Waals surface area (Å²) in [5.41, 5.74) is 1.01. The van der Waals surface area contributed by atoms with Crippen LogP contribution in [0.5, 0.6) is 0 Å². The fourth-order valence-electron chi connectivity index (χ4n) is 2.64. The number of amides is 2. The number of carbonyl (C=O) groups excluding carboxylic acids is 2. The van der Waals surface area contributed by atoms with E-state index in [1.807, 2.05) is 0 Å². The molecule has 0 spiro atoms. The van der Waals surface area contributed by atoms with Gasteiger partial charge in [0.05, 0.1) is 16.5 Å². The third-order valence-corrected chi connectivity index (χ3v) is 4.90. The second kappa shape index (κ2) is 9.72. The quantitative estimate of drug-likeness (QED) is 0.742. The van der Waals surface area contributed by atoms with Crippen molar-refractivity contribution in [1.82, 2.24) is 10.2 Å². The monoisotopic (exact) mass is 410 g/mol. The molecule has 4 nitrogen and oxygen atoms in total. The lowest BCUT2D eigenvalue weighted by atomic mass is 10.1. The summed E-state index contributed by atoms with van der Waals surface area (Å²) in [7, 11) is 0. The number of likely N-dealkylation sites (N-methyl/N-ethyl adjacent to an activating group) is 1. The Hall–Kier alpha value is -2.11. The van der Waals surface area contributed by atoms with E-state index in [0.29, 0.717) is 27.7 Å². The van der Waals surface area contributed by atoms with Gasteiger partial charge in [0.25, 0.3) is 0 Å². The number of hydrogen-bond acceptors (Lipinski definition) is 2. The summed E-state index contributed by atoms with van der Waals surface area (Å²) in [5.74, 6) is -1.03. The third-order valence-electron chi connectivity index (χ3n) is 4.16. The van der Waals surface area contributed by atoms with E-state index in [4.69, 9.17) is 23.2 Å². The summed E-state index contributed by atoms with van der Waals surface area (Å²) in [5, 5.41) is 3.44.